The zero-order chi connectivity index (χ0) is 23.7. The Morgan fingerprint density at radius 1 is 1.24 bits per heavy atom. The van der Waals surface area contributed by atoms with Crippen LogP contribution in [0.4, 0.5) is 30.8 Å². The first-order valence-corrected chi connectivity index (χ1v) is 9.91. The van der Waals surface area contributed by atoms with Gasteiger partial charge in [0, 0.05) is 31.8 Å². The monoisotopic (exact) mass is 467 g/mol. The number of cyclic esters (lactones) is 1. The Morgan fingerprint density at radius 2 is 1.97 bits per heavy atom. The normalized spacial score (nSPS) is 18.9. The molecule has 12 nitrogen and oxygen atoms in total. The Kier molecular flexibility index (Phi) is 6.11. The maximum Gasteiger partial charge on any atom is 0.433 e. The molecule has 2 saturated heterocycles. The van der Waals surface area contributed by atoms with E-state index < -0.39 is 47.2 Å². The van der Waals surface area contributed by atoms with E-state index >= 15 is 0 Å². The molecule has 0 aliphatic carbocycles. The third kappa shape index (κ3) is 4.42. The number of anilines is 2. The number of halogens is 2. The third-order valence-electron chi connectivity index (χ3n) is 5.21. The lowest BCUT2D eigenvalue weighted by molar-refractivity contribution is -0.402. The van der Waals surface area contributed by atoms with Crippen molar-refractivity contribution in [2.75, 3.05) is 49.1 Å². The minimum Gasteiger partial charge on any atom is -0.441 e. The number of amides is 2. The standard InChI is InChI=1S/C19H19F2N5O7/c20-13-7-11(24-9-12(10-27)32-19(24)29)8-14(21)17(13)23-4-3-22-25(6-5-23)18(28)15-1-2-16(33-15)26(30)31/h1-2,7-8,12,22,27H,3-6,9-10H2. The number of rotatable bonds is 5. The minimum absolute atomic E-state index is 0.00456. The molecule has 176 valence electrons. The number of aliphatic hydroxyl groups is 1. The van der Waals surface area contributed by atoms with Crippen LogP contribution in [-0.2, 0) is 4.74 Å². The second kappa shape index (κ2) is 8.99. The smallest absolute Gasteiger partial charge is 0.433 e. The van der Waals surface area contributed by atoms with Crippen LogP contribution in [0.15, 0.2) is 28.7 Å². The van der Waals surface area contributed by atoms with Gasteiger partial charge in [-0.05, 0) is 6.07 Å². The van der Waals surface area contributed by atoms with E-state index in [1.54, 1.807) is 0 Å². The Bertz CT molecular complexity index is 1070. The van der Waals surface area contributed by atoms with Crippen molar-refractivity contribution in [3.63, 3.8) is 0 Å². The molecule has 2 aliphatic rings. The molecule has 33 heavy (non-hydrogen) atoms. The van der Waals surface area contributed by atoms with Crippen molar-refractivity contribution in [1.82, 2.24) is 10.4 Å². The highest BCUT2D eigenvalue weighted by molar-refractivity contribution is 5.91. The molecule has 1 atom stereocenters. The van der Waals surface area contributed by atoms with Crippen LogP contribution >= 0.6 is 0 Å². The first-order valence-electron chi connectivity index (χ1n) is 9.91. The van der Waals surface area contributed by atoms with Gasteiger partial charge in [0.1, 0.15) is 16.7 Å². The number of hydrazine groups is 1. The highest BCUT2D eigenvalue weighted by Crippen LogP contribution is 2.31. The number of nitrogens with one attached hydrogen (secondary N) is 1. The Balaban J connectivity index is 1.48. The SMILES string of the molecule is O=C(c1ccc([N+](=O)[O-])o1)N1CCN(c2c(F)cc(N3CC(CO)OC3=O)cc2F)CCN1. The quantitative estimate of drug-likeness (QED) is 0.491. The molecule has 2 amide bonds. The second-order valence-electron chi connectivity index (χ2n) is 7.30. The molecule has 3 heterocycles. The molecule has 0 spiro atoms. The summed E-state index contributed by atoms with van der Waals surface area (Å²) in [4.78, 5) is 36.9. The predicted molar refractivity (Wildman–Crippen MR) is 108 cm³/mol. The molecule has 2 fully saturated rings. The Hall–Kier alpha value is -3.78. The molecule has 1 aromatic carbocycles. The van der Waals surface area contributed by atoms with Crippen molar-refractivity contribution in [2.24, 2.45) is 0 Å². The van der Waals surface area contributed by atoms with Gasteiger partial charge in [-0.3, -0.25) is 24.8 Å². The highest BCUT2D eigenvalue weighted by Gasteiger charge is 2.33. The molecule has 2 N–H and O–H groups in total. The summed E-state index contributed by atoms with van der Waals surface area (Å²) >= 11 is 0. The first-order chi connectivity index (χ1) is 15.8. The number of carbonyl (C=O) groups is 2. The number of furan rings is 1. The number of hydrogen-bond donors (Lipinski definition) is 2. The zero-order valence-electron chi connectivity index (χ0n) is 17.1. The van der Waals surface area contributed by atoms with Crippen molar-refractivity contribution in [1.29, 1.82) is 0 Å². The fraction of sp³-hybridized carbons (Fsp3) is 0.368. The number of nitrogens with zero attached hydrogens (tertiary/aromatic N) is 4. The predicted octanol–water partition coefficient (Wildman–Crippen LogP) is 1.25. The number of hydrogen-bond acceptors (Lipinski definition) is 9. The Morgan fingerprint density at radius 3 is 2.58 bits per heavy atom. The van der Waals surface area contributed by atoms with E-state index in [1.807, 2.05) is 0 Å². The van der Waals surface area contributed by atoms with Crippen LogP contribution in [0, 0.1) is 21.7 Å². The van der Waals surface area contributed by atoms with Gasteiger partial charge in [0.2, 0.25) is 5.76 Å². The summed E-state index contributed by atoms with van der Waals surface area (Å²) in [7, 11) is 0. The molecular weight excluding hydrogens is 448 g/mol. The van der Waals surface area contributed by atoms with Gasteiger partial charge in [0.05, 0.1) is 31.5 Å². The molecule has 1 aromatic heterocycles. The molecule has 2 aliphatic heterocycles. The van der Waals surface area contributed by atoms with E-state index in [1.165, 1.54) is 11.0 Å². The topological polar surface area (TPSA) is 142 Å². The van der Waals surface area contributed by atoms with Gasteiger partial charge in [-0.1, -0.05) is 0 Å². The van der Waals surface area contributed by atoms with Gasteiger partial charge >= 0.3 is 17.9 Å². The Labute approximate surface area is 185 Å². The van der Waals surface area contributed by atoms with Gasteiger partial charge in [-0.2, -0.15) is 0 Å². The molecule has 0 bridgehead atoms. The summed E-state index contributed by atoms with van der Waals surface area (Å²) in [6.45, 7) is -0.104. The summed E-state index contributed by atoms with van der Waals surface area (Å²) in [6, 6.07) is 4.24. The maximum absolute atomic E-state index is 14.9. The van der Waals surface area contributed by atoms with Crippen LogP contribution in [0.25, 0.3) is 0 Å². The van der Waals surface area contributed by atoms with Crippen LogP contribution in [0.1, 0.15) is 10.6 Å². The fourth-order valence-corrected chi connectivity index (χ4v) is 3.64. The second-order valence-corrected chi connectivity index (χ2v) is 7.30. The third-order valence-corrected chi connectivity index (χ3v) is 5.21. The van der Waals surface area contributed by atoms with Crippen molar-refractivity contribution >= 4 is 29.3 Å². The average molecular weight is 467 g/mol. The van der Waals surface area contributed by atoms with E-state index in [4.69, 9.17) is 14.3 Å². The fourth-order valence-electron chi connectivity index (χ4n) is 3.64. The van der Waals surface area contributed by atoms with Gasteiger partial charge in [0.25, 0.3) is 0 Å². The lowest BCUT2D eigenvalue weighted by Crippen LogP contribution is -2.43. The molecule has 1 unspecified atom stereocenters. The number of aliphatic hydroxyl groups excluding tert-OH is 1. The zero-order valence-corrected chi connectivity index (χ0v) is 17.1. The van der Waals surface area contributed by atoms with Gasteiger partial charge in [-0.15, -0.1) is 0 Å². The van der Waals surface area contributed by atoms with E-state index in [9.17, 15) is 28.5 Å². The molecule has 4 rings (SSSR count). The summed E-state index contributed by atoms with van der Waals surface area (Å²) in [5.74, 6) is -3.31. The maximum atomic E-state index is 14.9. The molecule has 2 aromatic rings. The molecule has 0 saturated carbocycles. The van der Waals surface area contributed by atoms with Crippen molar-refractivity contribution in [3.05, 3.63) is 51.8 Å². The summed E-state index contributed by atoms with van der Waals surface area (Å²) in [6.07, 6.45) is -1.59. The van der Waals surface area contributed by atoms with Gasteiger partial charge < -0.3 is 19.2 Å². The number of ether oxygens (including phenoxy) is 1. The largest absolute Gasteiger partial charge is 0.441 e. The summed E-state index contributed by atoms with van der Waals surface area (Å²) < 4.78 is 39.6. The van der Waals surface area contributed by atoms with Crippen molar-refractivity contribution < 1.29 is 37.6 Å². The van der Waals surface area contributed by atoms with Crippen LogP contribution in [-0.4, -0.2) is 72.5 Å². The number of benzene rings is 1. The lowest BCUT2D eigenvalue weighted by atomic mass is 10.2. The summed E-state index contributed by atoms with van der Waals surface area (Å²) in [5, 5.41) is 21.0. The van der Waals surface area contributed by atoms with E-state index in [-0.39, 0.29) is 49.9 Å². The van der Waals surface area contributed by atoms with E-state index in [0.29, 0.717) is 0 Å². The van der Waals surface area contributed by atoms with Crippen LogP contribution in [0.5, 0.6) is 0 Å². The van der Waals surface area contributed by atoms with Crippen LogP contribution in [0.3, 0.4) is 0 Å². The van der Waals surface area contributed by atoms with Crippen LogP contribution < -0.4 is 15.2 Å². The van der Waals surface area contributed by atoms with E-state index in [0.717, 1.165) is 28.1 Å². The number of carbonyl (C=O) groups excluding carboxylic acids is 2. The molecule has 0 radical (unpaired) electrons. The van der Waals surface area contributed by atoms with E-state index in [2.05, 4.69) is 5.43 Å². The molecular formula is C19H19F2N5O7. The molecule has 14 heteroatoms. The van der Waals surface area contributed by atoms with Crippen molar-refractivity contribution in [3.8, 4) is 0 Å². The van der Waals surface area contributed by atoms with Crippen LogP contribution in [0.2, 0.25) is 0 Å². The summed E-state index contributed by atoms with van der Waals surface area (Å²) in [5.41, 5.74) is 2.44. The number of nitro groups is 1. The average Bonchev–Trinajstić information content (AvgIpc) is 3.34. The van der Waals surface area contributed by atoms with Crippen molar-refractivity contribution in [2.45, 2.75) is 6.10 Å². The minimum atomic E-state index is -0.910. The van der Waals surface area contributed by atoms with Gasteiger partial charge in [0.15, 0.2) is 11.6 Å². The highest BCUT2D eigenvalue weighted by atomic mass is 19.1. The lowest BCUT2D eigenvalue weighted by Gasteiger charge is -2.25. The van der Waals surface area contributed by atoms with Gasteiger partial charge in [-0.25, -0.2) is 19.0 Å². The first kappa shape index (κ1) is 22.4.